The van der Waals surface area contributed by atoms with Gasteiger partial charge in [-0.3, -0.25) is 0 Å². The number of aliphatic hydroxyl groups is 11. The van der Waals surface area contributed by atoms with Crippen molar-refractivity contribution >= 4 is 0 Å². The van der Waals surface area contributed by atoms with Crippen LogP contribution in [0.5, 0.6) is 0 Å². The summed E-state index contributed by atoms with van der Waals surface area (Å²) in [6.07, 6.45) is -10.7. The average molecular weight is 334 g/mol. The highest BCUT2D eigenvalue weighted by molar-refractivity contribution is 4.79. The zero-order valence-corrected chi connectivity index (χ0v) is 11.8. The Labute approximate surface area is 126 Å². The first-order valence-electron chi connectivity index (χ1n) is 6.37. The summed E-state index contributed by atoms with van der Waals surface area (Å²) in [6.45, 7) is -2.73. The topological polar surface area (TPSA) is 223 Å². The van der Waals surface area contributed by atoms with E-state index in [-0.39, 0.29) is 0 Å². The molecule has 11 nitrogen and oxygen atoms in total. The molecule has 0 aromatic carbocycles. The lowest BCUT2D eigenvalue weighted by Crippen LogP contribution is -2.46. The maximum Gasteiger partial charge on any atom is 0.111 e. The van der Waals surface area contributed by atoms with Gasteiger partial charge in [-0.1, -0.05) is 0 Å². The first-order valence-corrected chi connectivity index (χ1v) is 6.37. The minimum atomic E-state index is -1.67. The van der Waals surface area contributed by atoms with Gasteiger partial charge in [-0.25, -0.2) is 0 Å². The molecule has 22 heavy (non-hydrogen) atoms. The van der Waals surface area contributed by atoms with Crippen molar-refractivity contribution in [2.45, 2.75) is 42.7 Å². The first kappa shape index (κ1) is 23.8. The molecule has 7 atom stereocenters. The molecule has 0 aromatic heterocycles. The molecule has 0 heterocycles. The van der Waals surface area contributed by atoms with Gasteiger partial charge in [0.05, 0.1) is 26.4 Å². The number of aliphatic hydroxyl groups excluding tert-OH is 11. The van der Waals surface area contributed by atoms with Gasteiger partial charge in [-0.15, -0.1) is 0 Å². The molecule has 0 aliphatic rings. The van der Waals surface area contributed by atoms with Crippen LogP contribution < -0.4 is 0 Å². The van der Waals surface area contributed by atoms with E-state index in [1.807, 2.05) is 0 Å². The van der Waals surface area contributed by atoms with Crippen molar-refractivity contribution in [3.8, 4) is 0 Å². The third kappa shape index (κ3) is 8.87. The van der Waals surface area contributed by atoms with E-state index in [1.54, 1.807) is 0 Å². The lowest BCUT2D eigenvalue weighted by atomic mass is 10.0. The second-order valence-corrected chi connectivity index (χ2v) is 4.47. The molecule has 0 aromatic rings. The van der Waals surface area contributed by atoms with Crippen LogP contribution in [0.1, 0.15) is 0 Å². The predicted octanol–water partition coefficient (Wildman–Crippen LogP) is -6.53. The summed E-state index contributed by atoms with van der Waals surface area (Å²) in [6, 6.07) is 0. The molecule has 0 fully saturated rings. The highest BCUT2D eigenvalue weighted by atomic mass is 16.4. The normalized spacial score (nSPS) is 20.9. The van der Waals surface area contributed by atoms with Crippen LogP contribution in [0.2, 0.25) is 0 Å². The smallest absolute Gasteiger partial charge is 0.111 e. The van der Waals surface area contributed by atoms with Gasteiger partial charge in [0.25, 0.3) is 0 Å². The molecule has 0 aliphatic heterocycles. The lowest BCUT2D eigenvalue weighted by molar-refractivity contribution is -0.123. The van der Waals surface area contributed by atoms with Gasteiger partial charge in [0, 0.05) is 0 Å². The molecule has 0 radical (unpaired) electrons. The zero-order chi connectivity index (χ0) is 17.9. The van der Waals surface area contributed by atoms with Gasteiger partial charge in [0.2, 0.25) is 0 Å². The molecular formula is C11H26O11. The molecule has 0 aliphatic carbocycles. The zero-order valence-electron chi connectivity index (χ0n) is 11.8. The number of hydrogen-bond acceptors (Lipinski definition) is 11. The van der Waals surface area contributed by atoms with Gasteiger partial charge >= 0.3 is 0 Å². The molecule has 11 N–H and O–H groups in total. The van der Waals surface area contributed by atoms with Crippen LogP contribution in [-0.2, 0) is 0 Å². The highest BCUT2D eigenvalue weighted by Crippen LogP contribution is 2.04. The molecule has 136 valence electrons. The summed E-state index contributed by atoms with van der Waals surface area (Å²) in [5, 5.41) is 94.8. The Bertz CT molecular complexity index is 230. The quantitative estimate of drug-likeness (QED) is 0.190. The molecule has 1 unspecified atom stereocenters. The Hall–Kier alpha value is -0.440. The van der Waals surface area contributed by atoms with Crippen LogP contribution >= 0.6 is 0 Å². The summed E-state index contributed by atoms with van der Waals surface area (Å²) in [5.74, 6) is 0. The van der Waals surface area contributed by atoms with Crippen molar-refractivity contribution in [2.75, 3.05) is 26.4 Å². The van der Waals surface area contributed by atoms with E-state index >= 15 is 0 Å². The molecule has 0 rings (SSSR count). The fraction of sp³-hybridized carbons (Fsp3) is 1.00. The third-order valence-corrected chi connectivity index (χ3v) is 2.68. The summed E-state index contributed by atoms with van der Waals surface area (Å²) < 4.78 is 0. The fourth-order valence-electron chi connectivity index (χ4n) is 1.14. The SMILES string of the molecule is OC[C@@H](O)C(O)[C@@H](O)CO.OC[C@@H](O)[C@H](O)[C@H](O)[C@@H](O)CO. The van der Waals surface area contributed by atoms with Crippen molar-refractivity contribution in [3.63, 3.8) is 0 Å². The molecule has 0 spiro atoms. The average Bonchev–Trinajstić information content (AvgIpc) is 2.56. The third-order valence-electron chi connectivity index (χ3n) is 2.68. The molecule has 11 heteroatoms. The first-order chi connectivity index (χ1) is 10.2. The maximum atomic E-state index is 8.96. The van der Waals surface area contributed by atoms with Gasteiger partial charge in [-0.2, -0.15) is 0 Å². The van der Waals surface area contributed by atoms with E-state index < -0.39 is 69.2 Å². The Balaban J connectivity index is 0. The summed E-state index contributed by atoms with van der Waals surface area (Å²) in [5.41, 5.74) is 0. The highest BCUT2D eigenvalue weighted by Gasteiger charge is 2.29. The summed E-state index contributed by atoms with van der Waals surface area (Å²) >= 11 is 0. The minimum Gasteiger partial charge on any atom is -0.394 e. The predicted molar refractivity (Wildman–Crippen MR) is 70.4 cm³/mol. The maximum absolute atomic E-state index is 8.96. The van der Waals surface area contributed by atoms with Gasteiger partial charge in [0.1, 0.15) is 42.7 Å². The van der Waals surface area contributed by atoms with E-state index in [0.717, 1.165) is 0 Å². The van der Waals surface area contributed by atoms with Crippen molar-refractivity contribution < 1.29 is 56.2 Å². The van der Waals surface area contributed by atoms with Gasteiger partial charge < -0.3 is 56.2 Å². The van der Waals surface area contributed by atoms with Crippen molar-refractivity contribution in [3.05, 3.63) is 0 Å². The van der Waals surface area contributed by atoms with E-state index in [0.29, 0.717) is 0 Å². The lowest BCUT2D eigenvalue weighted by Gasteiger charge is -2.24. The van der Waals surface area contributed by atoms with Gasteiger partial charge in [-0.05, 0) is 0 Å². The van der Waals surface area contributed by atoms with Crippen molar-refractivity contribution in [1.82, 2.24) is 0 Å². The van der Waals surface area contributed by atoms with Crippen LogP contribution in [0.3, 0.4) is 0 Å². The van der Waals surface area contributed by atoms with Crippen LogP contribution in [0.15, 0.2) is 0 Å². The Morgan fingerprint density at radius 3 is 0.727 bits per heavy atom. The Morgan fingerprint density at radius 2 is 0.545 bits per heavy atom. The standard InChI is InChI=1S/C6H14O6.C5H12O5/c7-1-3(9)5(11)6(12)4(10)2-8;6-1-3(8)5(10)4(9)2-7/h3-12H,1-2H2;3-10H,1-2H2/t3-,4+,5+,6-;3-,4+,5?. The van der Waals surface area contributed by atoms with Gasteiger partial charge in [0.15, 0.2) is 0 Å². The molecule has 0 saturated carbocycles. The minimum absolute atomic E-state index is 0.641. The number of rotatable bonds is 9. The Morgan fingerprint density at radius 1 is 0.364 bits per heavy atom. The molecular weight excluding hydrogens is 308 g/mol. The summed E-state index contributed by atoms with van der Waals surface area (Å²) in [7, 11) is 0. The van der Waals surface area contributed by atoms with E-state index in [2.05, 4.69) is 0 Å². The second-order valence-electron chi connectivity index (χ2n) is 4.47. The van der Waals surface area contributed by atoms with Crippen LogP contribution in [-0.4, -0.2) is 125 Å². The molecule has 0 saturated heterocycles. The van der Waals surface area contributed by atoms with E-state index in [1.165, 1.54) is 0 Å². The summed E-state index contributed by atoms with van der Waals surface area (Å²) in [4.78, 5) is 0. The van der Waals surface area contributed by atoms with Crippen LogP contribution in [0.25, 0.3) is 0 Å². The van der Waals surface area contributed by atoms with E-state index in [4.69, 9.17) is 56.2 Å². The molecule has 0 bridgehead atoms. The molecule has 0 amide bonds. The van der Waals surface area contributed by atoms with Crippen molar-refractivity contribution in [1.29, 1.82) is 0 Å². The number of hydrogen-bond donors (Lipinski definition) is 11. The van der Waals surface area contributed by atoms with Crippen molar-refractivity contribution in [2.24, 2.45) is 0 Å². The van der Waals surface area contributed by atoms with Crippen LogP contribution in [0.4, 0.5) is 0 Å². The van der Waals surface area contributed by atoms with E-state index in [9.17, 15) is 0 Å². The Kier molecular flexibility index (Phi) is 14.1. The van der Waals surface area contributed by atoms with Crippen LogP contribution in [0, 0.1) is 0 Å². The monoisotopic (exact) mass is 334 g/mol. The second kappa shape index (κ2) is 13.0. The fourth-order valence-corrected chi connectivity index (χ4v) is 1.14. The largest absolute Gasteiger partial charge is 0.394 e.